The highest BCUT2D eigenvalue weighted by atomic mass is 35.5. The molecular weight excluding hydrogens is 632 g/mol. The van der Waals surface area contributed by atoms with E-state index in [4.69, 9.17) is 30.5 Å². The maximum Gasteiger partial charge on any atom is 0.313 e. The van der Waals surface area contributed by atoms with Crippen molar-refractivity contribution in [2.24, 2.45) is 22.7 Å². The summed E-state index contributed by atoms with van der Waals surface area (Å²) < 4.78 is 30.3. The molecule has 47 heavy (non-hydrogen) atoms. The normalized spacial score (nSPS) is 16.6. The van der Waals surface area contributed by atoms with Crippen LogP contribution in [-0.2, 0) is 52.4 Å². The Bertz CT molecular complexity index is 957. The molecule has 0 amide bonds. The van der Waals surface area contributed by atoms with Gasteiger partial charge in [0.2, 0.25) is 0 Å². The molecular formula is C35H63ClO11. The summed E-state index contributed by atoms with van der Waals surface area (Å²) >= 11 is 5.51. The molecule has 0 heterocycles. The van der Waals surface area contributed by atoms with Crippen molar-refractivity contribution >= 4 is 41.4 Å². The molecule has 12 heteroatoms. The summed E-state index contributed by atoms with van der Waals surface area (Å²) in [6.07, 6.45) is 5.90. The van der Waals surface area contributed by atoms with Crippen molar-refractivity contribution < 1.29 is 52.4 Å². The van der Waals surface area contributed by atoms with Crippen LogP contribution in [0.5, 0.6) is 0 Å². The molecule has 1 fully saturated rings. The molecule has 11 nitrogen and oxygen atoms in total. The molecule has 4 unspecified atom stereocenters. The van der Waals surface area contributed by atoms with Crippen LogP contribution in [0.1, 0.15) is 128 Å². The fourth-order valence-electron chi connectivity index (χ4n) is 3.74. The molecule has 0 saturated heterocycles. The number of rotatable bonds is 15. The van der Waals surface area contributed by atoms with Crippen LogP contribution >= 0.6 is 11.6 Å². The lowest BCUT2D eigenvalue weighted by Crippen LogP contribution is -2.38. The van der Waals surface area contributed by atoms with Crippen LogP contribution in [0, 0.1) is 22.7 Å². The molecule has 0 aliphatic heterocycles. The zero-order valence-corrected chi connectivity index (χ0v) is 32.0. The molecule has 0 spiro atoms. The SMILES string of the molecule is CCC(C)(C)C(=O)OC(C)CCl.CCC(C)(C)C(=O)OC(C)OCCOC(C)=O.COC(=O)C(C)C(C)C(=O)OC1(C)CCCCC1. The third-order valence-electron chi connectivity index (χ3n) is 8.37. The van der Waals surface area contributed by atoms with Crippen LogP contribution in [0.25, 0.3) is 0 Å². The van der Waals surface area contributed by atoms with E-state index in [1.807, 2.05) is 48.5 Å². The van der Waals surface area contributed by atoms with Crippen molar-refractivity contribution in [2.75, 3.05) is 26.2 Å². The van der Waals surface area contributed by atoms with Crippen molar-refractivity contribution in [3.63, 3.8) is 0 Å². The second-order valence-corrected chi connectivity index (χ2v) is 13.9. The van der Waals surface area contributed by atoms with Gasteiger partial charge in [-0.1, -0.05) is 34.1 Å². The fourth-order valence-corrected chi connectivity index (χ4v) is 3.80. The van der Waals surface area contributed by atoms with E-state index in [9.17, 15) is 24.0 Å². The van der Waals surface area contributed by atoms with Gasteiger partial charge in [-0.2, -0.15) is 0 Å². The van der Waals surface area contributed by atoms with Gasteiger partial charge in [0.25, 0.3) is 0 Å². The van der Waals surface area contributed by atoms with Crippen LogP contribution in [0.2, 0.25) is 0 Å². The third kappa shape index (κ3) is 19.9. The number of alkyl halides is 1. The van der Waals surface area contributed by atoms with Gasteiger partial charge in [0.15, 0.2) is 6.29 Å². The first kappa shape index (κ1) is 46.7. The van der Waals surface area contributed by atoms with Gasteiger partial charge >= 0.3 is 29.8 Å². The fraction of sp³-hybridized carbons (Fsp3) is 0.857. The molecule has 1 aliphatic carbocycles. The molecule has 1 rings (SSSR count). The number of methoxy groups -OCH3 is 1. The lowest BCUT2D eigenvalue weighted by molar-refractivity contribution is -0.187. The van der Waals surface area contributed by atoms with Crippen molar-refractivity contribution in [2.45, 2.75) is 146 Å². The molecule has 0 N–H and O–H groups in total. The molecule has 0 bridgehead atoms. The summed E-state index contributed by atoms with van der Waals surface area (Å²) in [5.41, 5.74) is -1.24. The lowest BCUT2D eigenvalue weighted by Gasteiger charge is -2.34. The lowest BCUT2D eigenvalue weighted by atomic mass is 9.86. The predicted octanol–water partition coefficient (Wildman–Crippen LogP) is 7.18. The number of hydrogen-bond donors (Lipinski definition) is 0. The van der Waals surface area contributed by atoms with Gasteiger partial charge in [-0.15, -0.1) is 11.6 Å². The minimum atomic E-state index is -0.635. The van der Waals surface area contributed by atoms with E-state index in [-0.39, 0.29) is 60.2 Å². The molecule has 0 aromatic carbocycles. The van der Waals surface area contributed by atoms with E-state index in [0.717, 1.165) is 32.1 Å². The Balaban J connectivity index is 0. The Morgan fingerprint density at radius 1 is 0.766 bits per heavy atom. The van der Waals surface area contributed by atoms with Crippen LogP contribution in [0.15, 0.2) is 0 Å². The zero-order chi connectivity index (χ0) is 37.0. The summed E-state index contributed by atoms with van der Waals surface area (Å²) in [4.78, 5) is 57.0. The van der Waals surface area contributed by atoms with Crippen LogP contribution in [0.3, 0.4) is 0 Å². The summed E-state index contributed by atoms with van der Waals surface area (Å²) in [7, 11) is 1.33. The first-order valence-corrected chi connectivity index (χ1v) is 17.2. The van der Waals surface area contributed by atoms with Gasteiger partial charge in [-0.3, -0.25) is 24.0 Å². The smallest absolute Gasteiger partial charge is 0.313 e. The number of halogens is 1. The molecule has 0 aromatic rings. The average molecular weight is 695 g/mol. The van der Waals surface area contributed by atoms with Gasteiger partial charge < -0.3 is 28.4 Å². The number of esters is 5. The van der Waals surface area contributed by atoms with E-state index in [0.29, 0.717) is 12.3 Å². The van der Waals surface area contributed by atoms with Crippen LogP contribution in [-0.4, -0.2) is 74.0 Å². The number of ether oxygens (including phenoxy) is 6. The number of carbonyl (C=O) groups is 5. The molecule has 4 atom stereocenters. The Morgan fingerprint density at radius 3 is 1.66 bits per heavy atom. The Labute approximate surface area is 288 Å². The average Bonchev–Trinajstić information content (AvgIpc) is 3.02. The predicted molar refractivity (Wildman–Crippen MR) is 180 cm³/mol. The van der Waals surface area contributed by atoms with Crippen molar-refractivity contribution in [1.82, 2.24) is 0 Å². The molecule has 0 radical (unpaired) electrons. The minimum absolute atomic E-state index is 0.161. The molecule has 1 aliphatic rings. The van der Waals surface area contributed by atoms with Crippen LogP contribution < -0.4 is 0 Å². The summed E-state index contributed by atoms with van der Waals surface area (Å²) in [5, 5.41) is 0. The maximum atomic E-state index is 12.0. The molecule has 0 aromatic heterocycles. The van der Waals surface area contributed by atoms with Gasteiger partial charge in [-0.25, -0.2) is 0 Å². The van der Waals surface area contributed by atoms with Gasteiger partial charge in [0.05, 0.1) is 42.3 Å². The monoisotopic (exact) mass is 694 g/mol. The van der Waals surface area contributed by atoms with Gasteiger partial charge in [-0.05, 0) is 87.0 Å². The van der Waals surface area contributed by atoms with E-state index in [1.165, 1.54) is 20.5 Å². The number of carbonyl (C=O) groups excluding carboxylic acids is 5. The second-order valence-electron chi connectivity index (χ2n) is 13.6. The first-order chi connectivity index (χ1) is 21.6. The Morgan fingerprint density at radius 2 is 1.23 bits per heavy atom. The van der Waals surface area contributed by atoms with Crippen molar-refractivity contribution in [1.29, 1.82) is 0 Å². The van der Waals surface area contributed by atoms with Gasteiger partial charge in [0, 0.05) is 6.92 Å². The van der Waals surface area contributed by atoms with Crippen LogP contribution in [0.4, 0.5) is 0 Å². The molecule has 1 saturated carbocycles. The second kappa shape index (κ2) is 23.0. The minimum Gasteiger partial charge on any atom is -0.469 e. The standard InChI is InChI=1S/C14H24O4.C12H22O5.C9H17ClO2/c1-10(12(15)17-4)11(2)13(16)18-14(3)8-6-5-7-9-14;1-6-12(4,5)11(14)17-10(3)16-8-7-15-9(2)13;1-5-9(3,4)8(11)12-7(2)6-10/h10-11H,5-9H2,1-4H3;10H,6-8H2,1-5H3;7H,5-6H2,1-4H3. The van der Waals surface area contributed by atoms with E-state index >= 15 is 0 Å². The molecule has 276 valence electrons. The van der Waals surface area contributed by atoms with Crippen molar-refractivity contribution in [3.8, 4) is 0 Å². The zero-order valence-electron chi connectivity index (χ0n) is 31.2. The van der Waals surface area contributed by atoms with E-state index < -0.39 is 23.5 Å². The highest BCUT2D eigenvalue weighted by Gasteiger charge is 2.35. The van der Waals surface area contributed by atoms with E-state index in [1.54, 1.807) is 27.7 Å². The van der Waals surface area contributed by atoms with E-state index in [2.05, 4.69) is 9.47 Å². The van der Waals surface area contributed by atoms with Crippen molar-refractivity contribution in [3.05, 3.63) is 0 Å². The maximum absolute atomic E-state index is 12.0. The summed E-state index contributed by atoms with van der Waals surface area (Å²) in [5.74, 6) is -2.05. The summed E-state index contributed by atoms with van der Waals surface area (Å²) in [6.45, 7) is 21.8. The quantitative estimate of drug-likeness (QED) is 0.0566. The highest BCUT2D eigenvalue weighted by Crippen LogP contribution is 2.32. The highest BCUT2D eigenvalue weighted by molar-refractivity contribution is 6.18. The first-order valence-electron chi connectivity index (χ1n) is 16.7. The summed E-state index contributed by atoms with van der Waals surface area (Å²) in [6, 6.07) is 0. The van der Waals surface area contributed by atoms with Gasteiger partial charge in [0.1, 0.15) is 18.3 Å². The Hall–Kier alpha value is -2.40. The number of hydrogen-bond acceptors (Lipinski definition) is 11. The Kier molecular flexibility index (Phi) is 22.9. The topological polar surface area (TPSA) is 141 Å². The largest absolute Gasteiger partial charge is 0.469 e. The third-order valence-corrected chi connectivity index (χ3v) is 8.80.